The molecular weight excluding hydrogens is 383 g/mol. The van der Waals surface area contributed by atoms with Gasteiger partial charge in [-0.1, -0.05) is 30.3 Å². The van der Waals surface area contributed by atoms with Crippen LogP contribution in [0.3, 0.4) is 0 Å². The second-order valence-corrected chi connectivity index (χ2v) is 6.57. The van der Waals surface area contributed by atoms with Crippen molar-refractivity contribution >= 4 is 11.6 Å². The highest BCUT2D eigenvalue weighted by atomic mass is 19.1. The number of nitrogens with one attached hydrogen (secondary N) is 1. The van der Waals surface area contributed by atoms with Crippen LogP contribution in [0.25, 0.3) is 5.65 Å². The molecule has 0 fully saturated rings. The lowest BCUT2D eigenvalue weighted by atomic mass is 10.1. The fourth-order valence-corrected chi connectivity index (χ4v) is 3.04. The molecule has 4 aromatic rings. The zero-order chi connectivity index (χ0) is 20.9. The van der Waals surface area contributed by atoms with Gasteiger partial charge in [0.25, 0.3) is 5.91 Å². The second kappa shape index (κ2) is 8.45. The summed E-state index contributed by atoms with van der Waals surface area (Å²) in [5.74, 6) is -0.559. The van der Waals surface area contributed by atoms with Gasteiger partial charge in [-0.2, -0.15) is 5.26 Å². The molecule has 2 aromatic heterocycles. The third-order valence-corrected chi connectivity index (χ3v) is 4.52. The Morgan fingerprint density at radius 2 is 2.00 bits per heavy atom. The lowest BCUT2D eigenvalue weighted by Gasteiger charge is -2.13. The molecule has 0 spiro atoms. The number of pyridine rings is 1. The molecule has 30 heavy (non-hydrogen) atoms. The molecule has 0 saturated carbocycles. The Bertz CT molecular complexity index is 1210. The summed E-state index contributed by atoms with van der Waals surface area (Å²) in [6.45, 7) is 0.239. The van der Waals surface area contributed by atoms with Crippen molar-refractivity contribution in [3.63, 3.8) is 0 Å². The summed E-state index contributed by atoms with van der Waals surface area (Å²) in [6, 6.07) is 19.0. The quantitative estimate of drug-likeness (QED) is 0.530. The summed E-state index contributed by atoms with van der Waals surface area (Å²) in [6.07, 6.45) is 3.77. The number of hydrogen-bond acceptors (Lipinski definition) is 4. The first-order chi connectivity index (χ1) is 14.6. The topological polar surface area (TPSA) is 79.4 Å². The Morgan fingerprint density at radius 3 is 2.80 bits per heavy atom. The van der Waals surface area contributed by atoms with Crippen LogP contribution in [0.5, 0.6) is 5.75 Å². The number of ether oxygens (including phenoxy) is 1. The van der Waals surface area contributed by atoms with Gasteiger partial charge in [0.2, 0.25) is 0 Å². The van der Waals surface area contributed by atoms with Gasteiger partial charge < -0.3 is 14.5 Å². The molecule has 0 saturated heterocycles. The lowest BCUT2D eigenvalue weighted by molar-refractivity contribution is 0.0944. The van der Waals surface area contributed by atoms with E-state index in [-0.39, 0.29) is 12.2 Å². The van der Waals surface area contributed by atoms with Crippen molar-refractivity contribution in [2.45, 2.75) is 12.6 Å². The minimum atomic E-state index is -1.10. The van der Waals surface area contributed by atoms with Crippen molar-refractivity contribution in [3.8, 4) is 11.8 Å². The number of rotatable bonds is 6. The fourth-order valence-electron chi connectivity index (χ4n) is 3.04. The summed E-state index contributed by atoms with van der Waals surface area (Å²) in [5.41, 5.74) is 1.99. The molecule has 1 unspecified atom stereocenters. The maximum absolute atomic E-state index is 14.0. The predicted octanol–water partition coefficient (Wildman–Crippen LogP) is 4.05. The first-order valence-electron chi connectivity index (χ1n) is 9.24. The van der Waals surface area contributed by atoms with Crippen molar-refractivity contribution in [1.29, 1.82) is 5.26 Å². The van der Waals surface area contributed by atoms with Crippen LogP contribution in [0, 0.1) is 17.1 Å². The molecule has 0 aliphatic carbocycles. The number of amides is 1. The van der Waals surface area contributed by atoms with E-state index in [1.807, 2.05) is 41.1 Å². The van der Waals surface area contributed by atoms with Gasteiger partial charge in [0.1, 0.15) is 29.9 Å². The van der Waals surface area contributed by atoms with E-state index in [0.29, 0.717) is 11.3 Å². The molecule has 2 aromatic carbocycles. The number of benzene rings is 2. The van der Waals surface area contributed by atoms with Crippen molar-refractivity contribution in [2.24, 2.45) is 0 Å². The molecule has 0 bridgehead atoms. The smallest absolute Gasteiger partial charge is 0.252 e. The van der Waals surface area contributed by atoms with Crippen LogP contribution < -0.4 is 10.1 Å². The average molecular weight is 400 g/mol. The van der Waals surface area contributed by atoms with Crippen molar-refractivity contribution in [2.75, 3.05) is 0 Å². The van der Waals surface area contributed by atoms with Crippen molar-refractivity contribution < 1.29 is 13.9 Å². The van der Waals surface area contributed by atoms with Gasteiger partial charge in [0.15, 0.2) is 0 Å². The Hall–Kier alpha value is -4.18. The number of halogens is 1. The zero-order valence-electron chi connectivity index (χ0n) is 15.8. The third kappa shape index (κ3) is 4.13. The van der Waals surface area contributed by atoms with Crippen LogP contribution in [0.2, 0.25) is 0 Å². The molecule has 0 aliphatic rings. The van der Waals surface area contributed by atoms with E-state index in [0.717, 1.165) is 11.3 Å². The third-order valence-electron chi connectivity index (χ3n) is 4.52. The summed E-state index contributed by atoms with van der Waals surface area (Å²) in [7, 11) is 0. The molecule has 4 rings (SSSR count). The molecule has 148 valence electrons. The Kier molecular flexibility index (Phi) is 5.39. The second-order valence-electron chi connectivity index (χ2n) is 6.57. The molecule has 1 atom stereocenters. The monoisotopic (exact) mass is 400 g/mol. The Balaban J connectivity index is 1.45. The van der Waals surface area contributed by atoms with Crippen LogP contribution >= 0.6 is 0 Å². The number of carbonyl (C=O) groups is 1. The fraction of sp³-hybridized carbons (Fsp3) is 0.0870. The Morgan fingerprint density at radius 1 is 1.17 bits per heavy atom. The van der Waals surface area contributed by atoms with Crippen LogP contribution in [0.4, 0.5) is 4.39 Å². The molecule has 0 aliphatic heterocycles. The predicted molar refractivity (Wildman–Crippen MR) is 108 cm³/mol. The largest absolute Gasteiger partial charge is 0.487 e. The van der Waals surface area contributed by atoms with Crippen LogP contribution in [0.1, 0.15) is 27.7 Å². The van der Waals surface area contributed by atoms with Gasteiger partial charge in [-0.3, -0.25) is 4.79 Å². The lowest BCUT2D eigenvalue weighted by Crippen LogP contribution is -2.28. The molecule has 6 nitrogen and oxygen atoms in total. The highest BCUT2D eigenvalue weighted by Crippen LogP contribution is 2.19. The average Bonchev–Trinajstić information content (AvgIpc) is 3.20. The van der Waals surface area contributed by atoms with E-state index in [4.69, 9.17) is 4.74 Å². The van der Waals surface area contributed by atoms with E-state index in [9.17, 15) is 14.4 Å². The minimum Gasteiger partial charge on any atom is -0.487 e. The van der Waals surface area contributed by atoms with Gasteiger partial charge in [0, 0.05) is 23.5 Å². The summed E-state index contributed by atoms with van der Waals surface area (Å²) in [5, 5.41) is 11.9. The highest BCUT2D eigenvalue weighted by Gasteiger charge is 2.18. The van der Waals surface area contributed by atoms with Crippen molar-refractivity contribution in [1.82, 2.24) is 14.7 Å². The van der Waals surface area contributed by atoms with Gasteiger partial charge >= 0.3 is 0 Å². The number of nitriles is 1. The molecule has 1 amide bonds. The van der Waals surface area contributed by atoms with Gasteiger partial charge in [-0.25, -0.2) is 9.37 Å². The van der Waals surface area contributed by atoms with E-state index in [1.54, 1.807) is 30.3 Å². The van der Waals surface area contributed by atoms with Crippen LogP contribution in [-0.4, -0.2) is 15.3 Å². The van der Waals surface area contributed by atoms with Gasteiger partial charge in [0.05, 0.1) is 11.8 Å². The number of nitrogens with zero attached hydrogens (tertiary/aromatic N) is 3. The normalized spacial score (nSPS) is 11.6. The Labute approximate surface area is 172 Å². The first-order valence-corrected chi connectivity index (χ1v) is 9.24. The van der Waals surface area contributed by atoms with Crippen LogP contribution in [-0.2, 0) is 6.61 Å². The van der Waals surface area contributed by atoms with E-state index < -0.39 is 17.8 Å². The van der Waals surface area contributed by atoms with Crippen molar-refractivity contribution in [3.05, 3.63) is 102 Å². The summed E-state index contributed by atoms with van der Waals surface area (Å²) >= 11 is 0. The van der Waals surface area contributed by atoms with E-state index >= 15 is 0 Å². The minimum absolute atomic E-state index is 0.118. The zero-order valence-corrected chi connectivity index (χ0v) is 15.8. The SMILES string of the molecule is N#CC(NC(=O)c1cccc(OCc2cn3ccccc3n2)c1)c1ccccc1F. The number of hydrogen-bond donors (Lipinski definition) is 1. The molecule has 0 radical (unpaired) electrons. The van der Waals surface area contributed by atoms with E-state index in [1.165, 1.54) is 18.2 Å². The molecule has 1 N–H and O–H groups in total. The molecule has 7 heteroatoms. The summed E-state index contributed by atoms with van der Waals surface area (Å²) in [4.78, 5) is 17.1. The van der Waals surface area contributed by atoms with E-state index in [2.05, 4.69) is 10.3 Å². The maximum atomic E-state index is 14.0. The summed E-state index contributed by atoms with van der Waals surface area (Å²) < 4.78 is 21.6. The number of imidazole rings is 1. The standard InChI is InChI=1S/C23H17FN4O2/c24-20-9-2-1-8-19(20)21(13-25)27-23(29)16-6-5-7-18(12-16)30-15-17-14-28-11-4-3-10-22(28)26-17/h1-12,14,21H,15H2,(H,27,29). The number of aromatic nitrogens is 2. The maximum Gasteiger partial charge on any atom is 0.252 e. The van der Waals surface area contributed by atoms with Gasteiger partial charge in [-0.05, 0) is 36.4 Å². The molecular formula is C23H17FN4O2. The highest BCUT2D eigenvalue weighted by molar-refractivity contribution is 5.95. The van der Waals surface area contributed by atoms with Crippen LogP contribution in [0.15, 0.2) is 79.1 Å². The van der Waals surface area contributed by atoms with Gasteiger partial charge in [-0.15, -0.1) is 0 Å². The molecule has 2 heterocycles. The first kappa shape index (κ1) is 19.2. The number of carbonyl (C=O) groups excluding carboxylic acids is 1. The number of fused-ring (bicyclic) bond motifs is 1.